The summed E-state index contributed by atoms with van der Waals surface area (Å²) in [6.07, 6.45) is 0. The van der Waals surface area contributed by atoms with E-state index in [0.717, 1.165) is 0 Å². The average molecular weight is 314 g/mol. The number of benzene rings is 1. The van der Waals surface area contributed by atoms with Crippen molar-refractivity contribution in [3.05, 3.63) is 38.3 Å². The minimum absolute atomic E-state index is 0.0249. The van der Waals surface area contributed by atoms with Crippen LogP contribution in [0.1, 0.15) is 12.5 Å². The van der Waals surface area contributed by atoms with Crippen LogP contribution in [0.15, 0.2) is 22.7 Å². The highest BCUT2D eigenvalue weighted by molar-refractivity contribution is 6.61. The van der Waals surface area contributed by atoms with Gasteiger partial charge in [0.15, 0.2) is 0 Å². The first-order chi connectivity index (χ1) is 7.97. The molecule has 0 aliphatic carbocycles. The average Bonchev–Trinajstić information content (AvgIpc) is 2.21. The Labute approximate surface area is 119 Å². The van der Waals surface area contributed by atoms with Crippen LogP contribution in [0.4, 0.5) is 0 Å². The molecule has 0 amide bonds. The van der Waals surface area contributed by atoms with Gasteiger partial charge >= 0.3 is 5.97 Å². The van der Waals surface area contributed by atoms with E-state index < -0.39 is 5.97 Å². The predicted octanol–water partition coefficient (Wildman–Crippen LogP) is 4.70. The molecule has 1 rings (SSSR count). The third kappa shape index (κ3) is 3.78. The zero-order chi connectivity index (χ0) is 13.0. The van der Waals surface area contributed by atoms with E-state index in [9.17, 15) is 4.79 Å². The Morgan fingerprint density at radius 2 is 1.94 bits per heavy atom. The number of carbonyl (C=O) groups excluding carboxylic acids is 1. The van der Waals surface area contributed by atoms with Crippen LogP contribution < -0.4 is 0 Å². The Kier molecular flexibility index (Phi) is 5.60. The van der Waals surface area contributed by atoms with Gasteiger partial charge in [0, 0.05) is 10.6 Å². The Morgan fingerprint density at radius 3 is 2.41 bits per heavy atom. The van der Waals surface area contributed by atoms with Crippen molar-refractivity contribution in [2.45, 2.75) is 6.92 Å². The van der Waals surface area contributed by atoms with Crippen molar-refractivity contribution in [2.75, 3.05) is 6.61 Å². The van der Waals surface area contributed by atoms with E-state index in [0.29, 0.717) is 10.6 Å². The number of rotatable bonds is 3. The fourth-order valence-electron chi connectivity index (χ4n) is 1.18. The lowest BCUT2D eigenvalue weighted by atomic mass is 10.1. The number of ether oxygens (including phenoxy) is 1. The second-order valence-electron chi connectivity index (χ2n) is 2.98. The molecule has 0 aromatic heterocycles. The zero-order valence-electron chi connectivity index (χ0n) is 8.77. The summed E-state index contributed by atoms with van der Waals surface area (Å²) in [6, 6.07) is 4.63. The minimum Gasteiger partial charge on any atom is -0.462 e. The summed E-state index contributed by atoms with van der Waals surface area (Å²) < 4.78 is 4.65. The maximum atomic E-state index is 11.7. The van der Waals surface area contributed by atoms with Crippen LogP contribution in [0, 0.1) is 0 Å². The molecule has 0 bridgehead atoms. The van der Waals surface area contributed by atoms with Crippen LogP contribution in [-0.4, -0.2) is 12.6 Å². The van der Waals surface area contributed by atoms with Crippen molar-refractivity contribution in [3.8, 4) is 0 Å². The van der Waals surface area contributed by atoms with Gasteiger partial charge in [-0.3, -0.25) is 0 Å². The van der Waals surface area contributed by atoms with Crippen molar-refractivity contribution in [1.82, 2.24) is 0 Å². The van der Waals surface area contributed by atoms with Crippen LogP contribution in [-0.2, 0) is 9.53 Å². The van der Waals surface area contributed by atoms with E-state index in [1.165, 1.54) is 6.07 Å². The van der Waals surface area contributed by atoms with Crippen LogP contribution in [0.25, 0.3) is 5.57 Å². The minimum atomic E-state index is -0.628. The lowest BCUT2D eigenvalue weighted by Gasteiger charge is -2.09. The fraction of sp³-hybridized carbons (Fsp3) is 0.182. The molecule has 0 N–H and O–H groups in total. The van der Waals surface area contributed by atoms with Gasteiger partial charge in [0.2, 0.25) is 0 Å². The van der Waals surface area contributed by atoms with Gasteiger partial charge in [-0.05, 0) is 19.1 Å². The smallest absolute Gasteiger partial charge is 0.341 e. The molecule has 1 aromatic carbocycles. The first-order valence-electron chi connectivity index (χ1n) is 4.65. The highest BCUT2D eigenvalue weighted by Gasteiger charge is 2.19. The molecule has 6 heteroatoms. The molecule has 0 aliphatic heterocycles. The molecule has 0 saturated heterocycles. The number of hydrogen-bond donors (Lipinski definition) is 0. The van der Waals surface area contributed by atoms with Crippen molar-refractivity contribution in [2.24, 2.45) is 0 Å². The molecule has 0 spiro atoms. The predicted molar refractivity (Wildman–Crippen MR) is 71.7 cm³/mol. The van der Waals surface area contributed by atoms with Gasteiger partial charge in [-0.15, -0.1) is 0 Å². The molecular formula is C11H8Cl4O2. The molecule has 0 fully saturated rings. The standard InChI is InChI=1S/C11H8Cl4O2/c1-2-17-11(16)9(10(14)15)7-4-3-6(12)5-8(7)13/h3-5H,2H2,1H3. The normalized spacial score (nSPS) is 9.94. The topological polar surface area (TPSA) is 26.3 Å². The summed E-state index contributed by atoms with van der Waals surface area (Å²) in [5, 5.41) is 0.729. The van der Waals surface area contributed by atoms with Gasteiger partial charge in [0.1, 0.15) is 4.49 Å². The fourth-order valence-corrected chi connectivity index (χ4v) is 2.05. The van der Waals surface area contributed by atoms with Crippen LogP contribution in [0.2, 0.25) is 10.0 Å². The first kappa shape index (κ1) is 14.7. The molecule has 0 saturated carbocycles. The van der Waals surface area contributed by atoms with E-state index in [1.807, 2.05) is 0 Å². The van der Waals surface area contributed by atoms with E-state index in [-0.39, 0.29) is 21.7 Å². The van der Waals surface area contributed by atoms with Gasteiger partial charge in [-0.2, -0.15) is 0 Å². The third-order valence-electron chi connectivity index (χ3n) is 1.87. The van der Waals surface area contributed by atoms with Gasteiger partial charge < -0.3 is 4.74 Å². The molecular weight excluding hydrogens is 306 g/mol. The van der Waals surface area contributed by atoms with E-state index in [4.69, 9.17) is 51.1 Å². The summed E-state index contributed by atoms with van der Waals surface area (Å²) in [6.45, 7) is 1.90. The monoisotopic (exact) mass is 312 g/mol. The molecule has 92 valence electrons. The molecule has 2 nitrogen and oxygen atoms in total. The summed E-state index contributed by atoms with van der Waals surface area (Å²) in [7, 11) is 0. The quantitative estimate of drug-likeness (QED) is 0.597. The van der Waals surface area contributed by atoms with E-state index in [2.05, 4.69) is 0 Å². The van der Waals surface area contributed by atoms with Crippen LogP contribution in [0.3, 0.4) is 0 Å². The van der Waals surface area contributed by atoms with Crippen molar-refractivity contribution in [3.63, 3.8) is 0 Å². The second kappa shape index (κ2) is 6.50. The van der Waals surface area contributed by atoms with Gasteiger partial charge in [-0.25, -0.2) is 4.79 Å². The Hall–Kier alpha value is -0.410. The molecule has 0 atom stereocenters. The number of carbonyl (C=O) groups is 1. The zero-order valence-corrected chi connectivity index (χ0v) is 11.8. The number of hydrogen-bond acceptors (Lipinski definition) is 2. The maximum Gasteiger partial charge on any atom is 0.341 e. The lowest BCUT2D eigenvalue weighted by Crippen LogP contribution is -2.07. The second-order valence-corrected chi connectivity index (χ2v) is 4.77. The van der Waals surface area contributed by atoms with Crippen molar-refractivity contribution < 1.29 is 9.53 Å². The van der Waals surface area contributed by atoms with Crippen molar-refractivity contribution >= 4 is 57.9 Å². The summed E-state index contributed by atoms with van der Waals surface area (Å²) >= 11 is 23.1. The summed E-state index contributed by atoms with van der Waals surface area (Å²) in [5.41, 5.74) is 0.409. The van der Waals surface area contributed by atoms with Crippen LogP contribution >= 0.6 is 46.4 Å². The molecule has 1 aromatic rings. The highest BCUT2D eigenvalue weighted by atomic mass is 35.5. The number of esters is 1. The van der Waals surface area contributed by atoms with Crippen LogP contribution in [0.5, 0.6) is 0 Å². The lowest BCUT2D eigenvalue weighted by molar-refractivity contribution is -0.136. The SMILES string of the molecule is CCOC(=O)C(=C(Cl)Cl)c1ccc(Cl)cc1Cl. The van der Waals surface area contributed by atoms with Gasteiger partial charge in [0.25, 0.3) is 0 Å². The molecule has 0 unspecified atom stereocenters. The van der Waals surface area contributed by atoms with Gasteiger partial charge in [0.05, 0.1) is 17.2 Å². The van der Waals surface area contributed by atoms with E-state index in [1.54, 1.807) is 19.1 Å². The molecule has 0 heterocycles. The summed E-state index contributed by atoms with van der Waals surface area (Å²) in [4.78, 5) is 11.7. The Balaban J connectivity index is 3.26. The first-order valence-corrected chi connectivity index (χ1v) is 6.16. The molecule has 0 radical (unpaired) electrons. The number of halogens is 4. The largest absolute Gasteiger partial charge is 0.462 e. The van der Waals surface area contributed by atoms with Gasteiger partial charge in [-0.1, -0.05) is 52.5 Å². The highest BCUT2D eigenvalue weighted by Crippen LogP contribution is 2.32. The third-order valence-corrected chi connectivity index (χ3v) is 2.79. The summed E-state index contributed by atoms with van der Waals surface area (Å²) in [5.74, 6) is -0.628. The Bertz CT molecular complexity index is 465. The van der Waals surface area contributed by atoms with Crippen molar-refractivity contribution in [1.29, 1.82) is 0 Å². The Morgan fingerprint density at radius 1 is 1.29 bits per heavy atom. The molecule has 0 aliphatic rings. The maximum absolute atomic E-state index is 11.7. The molecule has 17 heavy (non-hydrogen) atoms. The van der Waals surface area contributed by atoms with E-state index >= 15 is 0 Å².